The SMILES string of the molecule is CCc1ccccc1CN=C1N[C@@H](C(C)C)CS1. The van der Waals surface area contributed by atoms with Gasteiger partial charge in [-0.1, -0.05) is 56.8 Å². The Labute approximate surface area is 114 Å². The molecule has 0 aromatic heterocycles. The lowest BCUT2D eigenvalue weighted by atomic mass is 10.1. The van der Waals surface area contributed by atoms with Crippen molar-refractivity contribution in [1.82, 2.24) is 5.32 Å². The van der Waals surface area contributed by atoms with E-state index in [0.717, 1.165) is 23.9 Å². The average molecular weight is 262 g/mol. The Morgan fingerprint density at radius 1 is 1.33 bits per heavy atom. The summed E-state index contributed by atoms with van der Waals surface area (Å²) in [5.74, 6) is 1.82. The quantitative estimate of drug-likeness (QED) is 0.898. The second-order valence-electron chi connectivity index (χ2n) is 5.05. The first-order chi connectivity index (χ1) is 8.70. The molecule has 0 radical (unpaired) electrons. The molecule has 1 heterocycles. The molecule has 1 saturated heterocycles. The topological polar surface area (TPSA) is 24.4 Å². The minimum absolute atomic E-state index is 0.579. The van der Waals surface area contributed by atoms with Gasteiger partial charge in [0, 0.05) is 11.8 Å². The van der Waals surface area contributed by atoms with Gasteiger partial charge in [-0.3, -0.25) is 4.99 Å². The van der Waals surface area contributed by atoms with E-state index in [1.165, 1.54) is 11.1 Å². The van der Waals surface area contributed by atoms with Crippen LogP contribution in [0.15, 0.2) is 29.3 Å². The number of rotatable bonds is 4. The summed E-state index contributed by atoms with van der Waals surface area (Å²) < 4.78 is 0. The van der Waals surface area contributed by atoms with Crippen molar-refractivity contribution in [3.63, 3.8) is 0 Å². The van der Waals surface area contributed by atoms with E-state index < -0.39 is 0 Å². The molecule has 1 aromatic carbocycles. The zero-order valence-corrected chi connectivity index (χ0v) is 12.3. The van der Waals surface area contributed by atoms with E-state index in [-0.39, 0.29) is 0 Å². The van der Waals surface area contributed by atoms with Crippen LogP contribution < -0.4 is 5.32 Å². The van der Waals surface area contributed by atoms with Crippen LogP contribution in [-0.2, 0) is 13.0 Å². The molecule has 1 atom stereocenters. The summed E-state index contributed by atoms with van der Waals surface area (Å²) in [6.07, 6.45) is 1.08. The summed E-state index contributed by atoms with van der Waals surface area (Å²) in [7, 11) is 0. The van der Waals surface area contributed by atoms with E-state index in [2.05, 4.69) is 50.4 Å². The van der Waals surface area contributed by atoms with Crippen molar-refractivity contribution in [2.45, 2.75) is 39.8 Å². The monoisotopic (exact) mass is 262 g/mol. The van der Waals surface area contributed by atoms with Gasteiger partial charge in [0.25, 0.3) is 0 Å². The molecule has 0 unspecified atom stereocenters. The third-order valence-corrected chi connectivity index (χ3v) is 4.45. The molecule has 1 aliphatic heterocycles. The first-order valence-electron chi connectivity index (χ1n) is 6.71. The maximum atomic E-state index is 4.70. The zero-order valence-electron chi connectivity index (χ0n) is 11.4. The van der Waals surface area contributed by atoms with Crippen LogP contribution in [0.4, 0.5) is 0 Å². The third kappa shape index (κ3) is 3.29. The Morgan fingerprint density at radius 3 is 2.67 bits per heavy atom. The Balaban J connectivity index is 1.99. The van der Waals surface area contributed by atoms with Crippen LogP contribution >= 0.6 is 11.8 Å². The second kappa shape index (κ2) is 6.28. The van der Waals surface area contributed by atoms with E-state index in [0.29, 0.717) is 12.0 Å². The summed E-state index contributed by atoms with van der Waals surface area (Å²) >= 11 is 1.85. The Kier molecular flexibility index (Phi) is 4.70. The van der Waals surface area contributed by atoms with Gasteiger partial charge >= 0.3 is 0 Å². The number of hydrogen-bond donors (Lipinski definition) is 1. The van der Waals surface area contributed by atoms with Gasteiger partial charge in [-0.05, 0) is 23.5 Å². The van der Waals surface area contributed by atoms with Crippen LogP contribution in [-0.4, -0.2) is 17.0 Å². The number of benzene rings is 1. The van der Waals surface area contributed by atoms with Gasteiger partial charge < -0.3 is 5.32 Å². The van der Waals surface area contributed by atoms with Gasteiger partial charge in [0.2, 0.25) is 0 Å². The number of aryl methyl sites for hydroxylation is 1. The molecule has 0 saturated carbocycles. The van der Waals surface area contributed by atoms with E-state index in [4.69, 9.17) is 4.99 Å². The average Bonchev–Trinajstić information content (AvgIpc) is 2.85. The van der Waals surface area contributed by atoms with Crippen LogP contribution in [0.3, 0.4) is 0 Å². The molecular formula is C15H22N2S. The first kappa shape index (κ1) is 13.5. The van der Waals surface area contributed by atoms with E-state index in [1.807, 2.05) is 11.8 Å². The summed E-state index contributed by atoms with van der Waals surface area (Å²) in [5, 5.41) is 4.62. The maximum absolute atomic E-state index is 4.70. The van der Waals surface area contributed by atoms with Crippen molar-refractivity contribution < 1.29 is 0 Å². The maximum Gasteiger partial charge on any atom is 0.157 e. The number of aliphatic imine (C=N–C) groups is 1. The molecule has 3 heteroatoms. The van der Waals surface area contributed by atoms with Gasteiger partial charge in [-0.15, -0.1) is 0 Å². The van der Waals surface area contributed by atoms with Gasteiger partial charge in [0.15, 0.2) is 5.17 Å². The molecule has 1 N–H and O–H groups in total. The lowest BCUT2D eigenvalue weighted by molar-refractivity contribution is 0.503. The molecule has 98 valence electrons. The lowest BCUT2D eigenvalue weighted by Crippen LogP contribution is -2.31. The van der Waals surface area contributed by atoms with E-state index in [9.17, 15) is 0 Å². The van der Waals surface area contributed by atoms with Crippen LogP contribution in [0.5, 0.6) is 0 Å². The zero-order chi connectivity index (χ0) is 13.0. The third-order valence-electron chi connectivity index (χ3n) is 3.41. The molecule has 2 rings (SSSR count). The van der Waals surface area contributed by atoms with E-state index >= 15 is 0 Å². The minimum Gasteiger partial charge on any atom is -0.361 e. The fourth-order valence-corrected chi connectivity index (χ4v) is 3.27. The largest absolute Gasteiger partial charge is 0.361 e. The summed E-state index contributed by atoms with van der Waals surface area (Å²) in [5.41, 5.74) is 2.76. The van der Waals surface area contributed by atoms with Crippen molar-refractivity contribution in [1.29, 1.82) is 0 Å². The second-order valence-corrected chi connectivity index (χ2v) is 6.06. The molecule has 1 aromatic rings. The normalized spacial score (nSPS) is 21.6. The number of thioether (sulfide) groups is 1. The van der Waals surface area contributed by atoms with Crippen molar-refractivity contribution in [2.75, 3.05) is 5.75 Å². The molecule has 2 nitrogen and oxygen atoms in total. The molecule has 0 amide bonds. The highest BCUT2D eigenvalue weighted by Crippen LogP contribution is 2.20. The molecular weight excluding hydrogens is 240 g/mol. The lowest BCUT2D eigenvalue weighted by Gasteiger charge is -2.13. The van der Waals surface area contributed by atoms with Crippen molar-refractivity contribution >= 4 is 16.9 Å². The predicted octanol–water partition coefficient (Wildman–Crippen LogP) is 3.47. The van der Waals surface area contributed by atoms with Crippen molar-refractivity contribution in [2.24, 2.45) is 10.9 Å². The Hall–Kier alpha value is -0.960. The number of amidine groups is 1. The minimum atomic E-state index is 0.579. The summed E-state index contributed by atoms with van der Waals surface area (Å²) in [4.78, 5) is 4.70. The Morgan fingerprint density at radius 2 is 2.06 bits per heavy atom. The van der Waals surface area contributed by atoms with Crippen LogP contribution in [0.1, 0.15) is 31.9 Å². The van der Waals surface area contributed by atoms with Gasteiger partial charge in [-0.25, -0.2) is 0 Å². The van der Waals surface area contributed by atoms with Crippen molar-refractivity contribution in [3.05, 3.63) is 35.4 Å². The highest BCUT2D eigenvalue weighted by molar-refractivity contribution is 8.14. The highest BCUT2D eigenvalue weighted by atomic mass is 32.2. The van der Waals surface area contributed by atoms with Crippen LogP contribution in [0.2, 0.25) is 0 Å². The smallest absolute Gasteiger partial charge is 0.157 e. The van der Waals surface area contributed by atoms with Gasteiger partial charge in [0.1, 0.15) is 0 Å². The fourth-order valence-electron chi connectivity index (χ4n) is 2.07. The van der Waals surface area contributed by atoms with Crippen molar-refractivity contribution in [3.8, 4) is 0 Å². The van der Waals surface area contributed by atoms with Crippen LogP contribution in [0.25, 0.3) is 0 Å². The predicted molar refractivity (Wildman–Crippen MR) is 81.2 cm³/mol. The number of nitrogens with zero attached hydrogens (tertiary/aromatic N) is 1. The fraction of sp³-hybridized carbons (Fsp3) is 0.533. The molecule has 1 fully saturated rings. The standard InChI is InChI=1S/C15H22N2S/c1-4-12-7-5-6-8-13(12)9-16-15-17-14(10-18-15)11(2)3/h5-8,11,14H,4,9-10H2,1-3H3,(H,16,17)/t14-/m1/s1. The Bertz CT molecular complexity index is 426. The molecule has 0 bridgehead atoms. The van der Waals surface area contributed by atoms with Gasteiger partial charge in [-0.2, -0.15) is 0 Å². The molecule has 18 heavy (non-hydrogen) atoms. The molecule has 1 aliphatic rings. The number of nitrogens with one attached hydrogen (secondary N) is 1. The first-order valence-corrected chi connectivity index (χ1v) is 7.69. The molecule has 0 spiro atoms. The highest BCUT2D eigenvalue weighted by Gasteiger charge is 2.22. The van der Waals surface area contributed by atoms with Crippen LogP contribution in [0, 0.1) is 5.92 Å². The summed E-state index contributed by atoms with van der Waals surface area (Å²) in [6.45, 7) is 7.51. The number of hydrogen-bond acceptors (Lipinski definition) is 2. The van der Waals surface area contributed by atoms with Gasteiger partial charge in [0.05, 0.1) is 6.54 Å². The molecule has 0 aliphatic carbocycles. The summed E-state index contributed by atoms with van der Waals surface area (Å²) in [6, 6.07) is 9.16. The van der Waals surface area contributed by atoms with E-state index in [1.54, 1.807) is 0 Å².